The Morgan fingerprint density at radius 3 is 2.42 bits per heavy atom. The van der Waals surface area contributed by atoms with Gasteiger partial charge in [0.1, 0.15) is 0 Å². The minimum absolute atomic E-state index is 0.0138. The molecule has 0 saturated carbocycles. The van der Waals surface area contributed by atoms with Crippen molar-refractivity contribution >= 4 is 51.3 Å². The first kappa shape index (κ1) is 20.3. The molecule has 0 atom stereocenters. The van der Waals surface area contributed by atoms with E-state index in [-0.39, 0.29) is 6.42 Å². The highest BCUT2D eigenvalue weighted by molar-refractivity contribution is 7.29. The Hall–Kier alpha value is -2.58. The lowest BCUT2D eigenvalue weighted by Crippen LogP contribution is -1.99. The van der Waals surface area contributed by atoms with Crippen molar-refractivity contribution in [3.63, 3.8) is 0 Å². The van der Waals surface area contributed by atoms with Crippen LogP contribution < -0.4 is 0 Å². The molecule has 0 saturated heterocycles. The van der Waals surface area contributed by atoms with Crippen LogP contribution in [0, 0.1) is 6.92 Å². The third-order valence-electron chi connectivity index (χ3n) is 4.83. The highest BCUT2D eigenvalue weighted by Gasteiger charge is 2.18. The van der Waals surface area contributed by atoms with Crippen LogP contribution in [0.4, 0.5) is 0 Å². The van der Waals surface area contributed by atoms with Gasteiger partial charge in [0.15, 0.2) is 0 Å². The molecule has 5 heterocycles. The molecule has 0 radical (unpaired) electrons. The predicted molar refractivity (Wildman–Crippen MR) is 134 cm³/mol. The Morgan fingerprint density at radius 2 is 1.71 bits per heavy atom. The topological polar surface area (TPSA) is 50.2 Å². The van der Waals surface area contributed by atoms with Crippen LogP contribution in [0.5, 0.6) is 0 Å². The van der Waals surface area contributed by atoms with Gasteiger partial charge in [0.05, 0.1) is 6.42 Å². The largest absolute Gasteiger partial charge is 0.481 e. The normalized spacial score (nSPS) is 11.1. The van der Waals surface area contributed by atoms with E-state index in [1.807, 2.05) is 35.7 Å². The number of pyridine rings is 1. The van der Waals surface area contributed by atoms with E-state index in [2.05, 4.69) is 47.6 Å². The molecule has 0 aliphatic carbocycles. The van der Waals surface area contributed by atoms with Crippen molar-refractivity contribution in [1.29, 1.82) is 0 Å². The van der Waals surface area contributed by atoms with Gasteiger partial charge in [-0.1, -0.05) is 12.1 Å². The van der Waals surface area contributed by atoms with Crippen molar-refractivity contribution in [2.75, 3.05) is 0 Å². The van der Waals surface area contributed by atoms with Gasteiger partial charge < -0.3 is 5.11 Å². The quantitative estimate of drug-likeness (QED) is 0.269. The third kappa shape index (κ3) is 4.14. The summed E-state index contributed by atoms with van der Waals surface area (Å²) >= 11 is 6.94. The Labute approximate surface area is 195 Å². The van der Waals surface area contributed by atoms with Crippen LogP contribution in [0.3, 0.4) is 0 Å². The first-order valence-electron chi connectivity index (χ1n) is 9.58. The van der Waals surface area contributed by atoms with Crippen LogP contribution in [-0.2, 0) is 11.2 Å². The van der Waals surface area contributed by atoms with E-state index in [0.717, 1.165) is 25.8 Å². The van der Waals surface area contributed by atoms with Gasteiger partial charge in [-0.25, -0.2) is 0 Å². The van der Waals surface area contributed by atoms with Crippen LogP contribution in [0.25, 0.3) is 39.7 Å². The van der Waals surface area contributed by atoms with Crippen molar-refractivity contribution in [3.8, 4) is 39.7 Å². The van der Waals surface area contributed by atoms with Gasteiger partial charge in [-0.2, -0.15) is 0 Å². The second kappa shape index (κ2) is 8.51. The summed E-state index contributed by atoms with van der Waals surface area (Å²) in [6.07, 6.45) is 3.58. The van der Waals surface area contributed by atoms with Crippen LogP contribution in [0.15, 0.2) is 66.3 Å². The molecule has 0 aliphatic heterocycles. The number of aliphatic carboxylic acids is 1. The van der Waals surface area contributed by atoms with Gasteiger partial charge in [0, 0.05) is 52.1 Å². The van der Waals surface area contributed by atoms with E-state index >= 15 is 0 Å². The number of carboxylic acids is 1. The molecule has 7 heteroatoms. The number of thiophene rings is 4. The van der Waals surface area contributed by atoms with Gasteiger partial charge in [-0.05, 0) is 59.8 Å². The molecule has 0 amide bonds. The van der Waals surface area contributed by atoms with E-state index < -0.39 is 5.97 Å². The van der Waals surface area contributed by atoms with Gasteiger partial charge in [-0.3, -0.25) is 9.78 Å². The number of carboxylic acid groups (broad SMARTS) is 1. The first-order valence-corrected chi connectivity index (χ1v) is 12.9. The maximum absolute atomic E-state index is 11.5. The summed E-state index contributed by atoms with van der Waals surface area (Å²) in [6.45, 7) is 2.16. The SMILES string of the molecule is Cc1cc(-c2cccs2)sc1-c1ccc(-c2sc(-c3cccnc3)cc2CC(=O)O)s1. The zero-order valence-electron chi connectivity index (χ0n) is 16.5. The summed E-state index contributed by atoms with van der Waals surface area (Å²) in [5.41, 5.74) is 3.14. The lowest BCUT2D eigenvalue weighted by molar-refractivity contribution is -0.136. The van der Waals surface area contributed by atoms with E-state index in [9.17, 15) is 9.90 Å². The summed E-state index contributed by atoms with van der Waals surface area (Å²) in [5.74, 6) is -0.816. The molecule has 0 bridgehead atoms. The zero-order chi connectivity index (χ0) is 21.4. The first-order chi connectivity index (χ1) is 15.1. The number of hydrogen-bond acceptors (Lipinski definition) is 6. The minimum Gasteiger partial charge on any atom is -0.481 e. The van der Waals surface area contributed by atoms with Crippen molar-refractivity contribution in [3.05, 3.63) is 77.4 Å². The van der Waals surface area contributed by atoms with Crippen molar-refractivity contribution < 1.29 is 9.90 Å². The van der Waals surface area contributed by atoms with E-state index in [4.69, 9.17) is 0 Å². The number of carbonyl (C=O) groups is 1. The number of nitrogens with zero attached hydrogens (tertiary/aromatic N) is 1. The Morgan fingerprint density at radius 1 is 0.903 bits per heavy atom. The van der Waals surface area contributed by atoms with Crippen LogP contribution in [0.1, 0.15) is 11.1 Å². The molecular weight excluding hydrogens is 463 g/mol. The number of aryl methyl sites for hydroxylation is 1. The van der Waals surface area contributed by atoms with Crippen LogP contribution in [0.2, 0.25) is 0 Å². The van der Waals surface area contributed by atoms with E-state index in [0.29, 0.717) is 0 Å². The molecule has 0 aromatic carbocycles. The molecule has 3 nitrogen and oxygen atoms in total. The summed E-state index contributed by atoms with van der Waals surface area (Å²) in [5, 5.41) is 11.5. The molecule has 0 unspecified atom stereocenters. The zero-order valence-corrected chi connectivity index (χ0v) is 19.8. The second-order valence-electron chi connectivity index (χ2n) is 7.04. The molecule has 1 N–H and O–H groups in total. The van der Waals surface area contributed by atoms with E-state index in [1.165, 1.54) is 25.1 Å². The number of hydrogen-bond donors (Lipinski definition) is 1. The number of aromatic nitrogens is 1. The molecule has 154 valence electrons. The fourth-order valence-electron chi connectivity index (χ4n) is 3.43. The monoisotopic (exact) mass is 479 g/mol. The fourth-order valence-corrected chi connectivity index (χ4v) is 7.93. The standard InChI is InChI=1S/C24H17NO2S4/c1-14-10-21(17-5-3-9-28-17)31-23(14)18-6-7-19(29-18)24-16(12-22(26)27)11-20(30-24)15-4-2-8-25-13-15/h2-11,13H,12H2,1H3,(H,26,27). The maximum Gasteiger partial charge on any atom is 0.307 e. The Bertz CT molecular complexity index is 1340. The average molecular weight is 480 g/mol. The maximum atomic E-state index is 11.5. The van der Waals surface area contributed by atoms with Crippen molar-refractivity contribution in [2.45, 2.75) is 13.3 Å². The number of rotatable bonds is 6. The highest BCUT2D eigenvalue weighted by Crippen LogP contribution is 2.46. The predicted octanol–water partition coefficient (Wildman–Crippen LogP) is 7.93. The van der Waals surface area contributed by atoms with Crippen LogP contribution >= 0.6 is 45.3 Å². The molecule has 5 aromatic heterocycles. The van der Waals surface area contributed by atoms with Crippen molar-refractivity contribution in [2.24, 2.45) is 0 Å². The molecule has 5 rings (SSSR count). The van der Waals surface area contributed by atoms with Gasteiger partial charge >= 0.3 is 5.97 Å². The molecule has 0 fully saturated rings. The second-order valence-corrected chi connectivity index (χ2v) is 11.2. The smallest absolute Gasteiger partial charge is 0.307 e. The third-order valence-corrected chi connectivity index (χ3v) is 9.81. The summed E-state index contributed by atoms with van der Waals surface area (Å²) in [7, 11) is 0. The Balaban J connectivity index is 1.54. The van der Waals surface area contributed by atoms with Crippen LogP contribution in [-0.4, -0.2) is 16.1 Å². The summed E-state index contributed by atoms with van der Waals surface area (Å²) in [4.78, 5) is 24.0. The van der Waals surface area contributed by atoms with Crippen molar-refractivity contribution in [1.82, 2.24) is 4.98 Å². The highest BCUT2D eigenvalue weighted by atomic mass is 32.1. The molecule has 31 heavy (non-hydrogen) atoms. The summed E-state index contributed by atoms with van der Waals surface area (Å²) < 4.78 is 0. The molecule has 0 spiro atoms. The fraction of sp³-hybridized carbons (Fsp3) is 0.0833. The minimum atomic E-state index is -0.816. The summed E-state index contributed by atoms with van der Waals surface area (Å²) in [6, 6.07) is 16.7. The Kier molecular flexibility index (Phi) is 5.58. The molecule has 5 aromatic rings. The van der Waals surface area contributed by atoms with Gasteiger partial charge in [0.25, 0.3) is 0 Å². The molecule has 0 aliphatic rings. The average Bonchev–Trinajstić information content (AvgIpc) is 3.54. The molecular formula is C24H17NO2S4. The van der Waals surface area contributed by atoms with Gasteiger partial charge in [-0.15, -0.1) is 45.3 Å². The lowest BCUT2D eigenvalue weighted by atomic mass is 10.1. The lowest BCUT2D eigenvalue weighted by Gasteiger charge is -1.98. The van der Waals surface area contributed by atoms with Gasteiger partial charge in [0.2, 0.25) is 0 Å². The van der Waals surface area contributed by atoms with E-state index in [1.54, 1.807) is 40.2 Å².